The van der Waals surface area contributed by atoms with Gasteiger partial charge in [0.2, 0.25) is 11.9 Å². The Hall–Kier alpha value is -7.63. The molecule has 57 heavy (non-hydrogen) atoms. The molecule has 3 aromatic heterocycles. The van der Waals surface area contributed by atoms with Gasteiger partial charge in [-0.15, -0.1) is 0 Å². The summed E-state index contributed by atoms with van der Waals surface area (Å²) in [5.74, 6) is 1.77. The van der Waals surface area contributed by atoms with Crippen molar-refractivity contribution in [3.8, 4) is 45.5 Å². The molecular formula is C52H31N5. The second kappa shape index (κ2) is 11.2. The zero-order valence-electron chi connectivity index (χ0n) is 30.6. The predicted molar refractivity (Wildman–Crippen MR) is 230 cm³/mol. The lowest BCUT2D eigenvalue weighted by Gasteiger charge is -2.30. The van der Waals surface area contributed by atoms with Crippen LogP contribution in [0.15, 0.2) is 188 Å². The van der Waals surface area contributed by atoms with Crippen LogP contribution in [0.25, 0.3) is 89.2 Å². The topological polar surface area (TPSA) is 48.5 Å². The molecule has 0 unspecified atom stereocenters. The molecule has 2 aliphatic carbocycles. The van der Waals surface area contributed by atoms with Gasteiger partial charge in [-0.1, -0.05) is 158 Å². The standard InChI is InChI=1S/C52H31N5/c1-2-16-32(17-3-1)49-53-50(56-45-27-13-7-21-36(45)37-22-8-14-28-46(37)56)55-51(54-49)57-47-29-15-9-23-38(47)40-30-44-39(31-48(40)57)35-20-6-12-26-43(35)52(44)41-24-10-4-18-33(41)34-19-5-11-25-42(34)52/h1-31H. The Morgan fingerprint density at radius 3 is 1.28 bits per heavy atom. The highest BCUT2D eigenvalue weighted by Crippen LogP contribution is 2.63. The monoisotopic (exact) mass is 725 g/mol. The molecule has 5 nitrogen and oxygen atoms in total. The SMILES string of the molecule is c1ccc(-c2nc(-n3c4ccccc4c4ccccc43)nc(-n3c4ccccc4c4cc5c(cc43)-c3ccccc3C53c4ccccc4-c4ccccc43)n2)cc1. The van der Waals surface area contributed by atoms with Crippen molar-refractivity contribution in [2.24, 2.45) is 0 Å². The summed E-state index contributed by atoms with van der Waals surface area (Å²) in [5, 5.41) is 4.64. The van der Waals surface area contributed by atoms with Crippen LogP contribution in [0.4, 0.5) is 0 Å². The molecule has 11 aromatic rings. The predicted octanol–water partition coefficient (Wildman–Crippen LogP) is 12.1. The molecule has 0 saturated heterocycles. The van der Waals surface area contributed by atoms with Gasteiger partial charge in [-0.3, -0.25) is 9.13 Å². The summed E-state index contributed by atoms with van der Waals surface area (Å²) in [6, 6.07) is 67.7. The molecule has 0 aliphatic heterocycles. The van der Waals surface area contributed by atoms with Crippen molar-refractivity contribution in [3.05, 3.63) is 210 Å². The Balaban J connectivity index is 1.15. The second-order valence-corrected chi connectivity index (χ2v) is 15.1. The molecule has 1 spiro atoms. The van der Waals surface area contributed by atoms with Crippen LogP contribution in [0, 0.1) is 0 Å². The Labute approximate surface area is 327 Å². The summed E-state index contributed by atoms with van der Waals surface area (Å²) >= 11 is 0. The van der Waals surface area contributed by atoms with Gasteiger partial charge in [0.05, 0.1) is 27.5 Å². The van der Waals surface area contributed by atoms with E-state index in [0.29, 0.717) is 17.7 Å². The fourth-order valence-electron chi connectivity index (χ4n) is 10.2. The first-order valence-electron chi connectivity index (χ1n) is 19.5. The van der Waals surface area contributed by atoms with Crippen molar-refractivity contribution < 1.29 is 0 Å². The molecule has 264 valence electrons. The van der Waals surface area contributed by atoms with Crippen molar-refractivity contribution in [2.75, 3.05) is 0 Å². The maximum atomic E-state index is 5.42. The maximum absolute atomic E-state index is 5.42. The van der Waals surface area contributed by atoms with E-state index < -0.39 is 5.41 Å². The third-order valence-corrected chi connectivity index (χ3v) is 12.4. The number of fused-ring (bicyclic) bond motifs is 16. The highest BCUT2D eigenvalue weighted by atomic mass is 15.3. The minimum atomic E-state index is -0.437. The van der Waals surface area contributed by atoms with Crippen LogP contribution in [-0.4, -0.2) is 24.1 Å². The average molecular weight is 726 g/mol. The smallest absolute Gasteiger partial charge is 0.240 e. The molecule has 0 saturated carbocycles. The normalized spacial score (nSPS) is 13.4. The highest BCUT2D eigenvalue weighted by molar-refractivity contribution is 6.12. The van der Waals surface area contributed by atoms with Crippen LogP contribution in [-0.2, 0) is 5.41 Å². The summed E-state index contributed by atoms with van der Waals surface area (Å²) < 4.78 is 4.43. The van der Waals surface area contributed by atoms with E-state index >= 15 is 0 Å². The molecule has 0 N–H and O–H groups in total. The number of hydrogen-bond donors (Lipinski definition) is 0. The lowest BCUT2D eigenvalue weighted by atomic mass is 9.70. The molecule has 0 amide bonds. The van der Waals surface area contributed by atoms with Crippen molar-refractivity contribution in [1.82, 2.24) is 24.1 Å². The average Bonchev–Trinajstić information content (AvgIpc) is 3.98. The van der Waals surface area contributed by atoms with Crippen LogP contribution in [0.1, 0.15) is 22.3 Å². The zero-order chi connectivity index (χ0) is 37.2. The first-order chi connectivity index (χ1) is 28.3. The Morgan fingerprint density at radius 2 is 0.737 bits per heavy atom. The van der Waals surface area contributed by atoms with Gasteiger partial charge in [-0.25, -0.2) is 0 Å². The molecule has 0 atom stereocenters. The molecule has 0 fully saturated rings. The number of aromatic nitrogens is 5. The fourth-order valence-corrected chi connectivity index (χ4v) is 10.2. The van der Waals surface area contributed by atoms with E-state index in [1.54, 1.807) is 0 Å². The zero-order valence-corrected chi connectivity index (χ0v) is 30.6. The first kappa shape index (κ1) is 30.7. The quantitative estimate of drug-likeness (QED) is 0.182. The lowest BCUT2D eigenvalue weighted by Crippen LogP contribution is -2.25. The number of benzene rings is 8. The van der Waals surface area contributed by atoms with Crippen LogP contribution in [0.2, 0.25) is 0 Å². The van der Waals surface area contributed by atoms with Crippen molar-refractivity contribution in [1.29, 1.82) is 0 Å². The van der Waals surface area contributed by atoms with Crippen molar-refractivity contribution >= 4 is 43.6 Å². The number of hydrogen-bond acceptors (Lipinski definition) is 3. The summed E-state index contributed by atoms with van der Waals surface area (Å²) in [7, 11) is 0. The summed E-state index contributed by atoms with van der Waals surface area (Å²) in [6.45, 7) is 0. The van der Waals surface area contributed by atoms with Gasteiger partial charge in [0.15, 0.2) is 5.82 Å². The van der Waals surface area contributed by atoms with Gasteiger partial charge >= 0.3 is 0 Å². The number of nitrogens with zero attached hydrogens (tertiary/aromatic N) is 5. The minimum Gasteiger partial charge on any atom is -0.278 e. The van der Waals surface area contributed by atoms with Gasteiger partial charge in [-0.2, -0.15) is 15.0 Å². The first-order valence-corrected chi connectivity index (χ1v) is 19.5. The number of para-hydroxylation sites is 3. The summed E-state index contributed by atoms with van der Waals surface area (Å²) in [5.41, 5.74) is 15.1. The van der Waals surface area contributed by atoms with Crippen molar-refractivity contribution in [3.63, 3.8) is 0 Å². The molecule has 8 aromatic carbocycles. The molecule has 2 aliphatic rings. The van der Waals surface area contributed by atoms with E-state index in [9.17, 15) is 0 Å². The van der Waals surface area contributed by atoms with Crippen LogP contribution < -0.4 is 0 Å². The largest absolute Gasteiger partial charge is 0.278 e. The Bertz CT molecular complexity index is 3380. The second-order valence-electron chi connectivity index (χ2n) is 15.1. The van der Waals surface area contributed by atoms with Gasteiger partial charge in [0.25, 0.3) is 0 Å². The van der Waals surface area contributed by atoms with Crippen molar-refractivity contribution in [2.45, 2.75) is 5.41 Å². The summed E-state index contributed by atoms with van der Waals surface area (Å²) in [6.07, 6.45) is 0. The van der Waals surface area contributed by atoms with E-state index in [4.69, 9.17) is 15.0 Å². The van der Waals surface area contributed by atoms with E-state index in [1.165, 1.54) is 49.9 Å². The summed E-state index contributed by atoms with van der Waals surface area (Å²) in [4.78, 5) is 16.0. The highest BCUT2D eigenvalue weighted by Gasteiger charge is 2.51. The van der Waals surface area contributed by atoms with Gasteiger partial charge < -0.3 is 0 Å². The minimum absolute atomic E-state index is 0.437. The van der Waals surface area contributed by atoms with E-state index in [-0.39, 0.29) is 0 Å². The molecule has 3 heterocycles. The lowest BCUT2D eigenvalue weighted by molar-refractivity contribution is 0.795. The molecular weight excluding hydrogens is 695 g/mol. The van der Waals surface area contributed by atoms with E-state index in [1.807, 2.05) is 18.2 Å². The molecule has 0 radical (unpaired) electrons. The Morgan fingerprint density at radius 1 is 0.316 bits per heavy atom. The fraction of sp³-hybridized carbons (Fsp3) is 0.0192. The van der Waals surface area contributed by atoms with Gasteiger partial charge in [0, 0.05) is 27.1 Å². The molecule has 5 heteroatoms. The van der Waals surface area contributed by atoms with E-state index in [2.05, 4.69) is 179 Å². The van der Waals surface area contributed by atoms with Crippen LogP contribution in [0.3, 0.4) is 0 Å². The third kappa shape index (κ3) is 3.94. The Kier molecular flexibility index (Phi) is 6.04. The maximum Gasteiger partial charge on any atom is 0.240 e. The van der Waals surface area contributed by atoms with E-state index in [0.717, 1.165) is 43.8 Å². The molecule has 0 bridgehead atoms. The number of rotatable bonds is 3. The molecule has 13 rings (SSSR count). The van der Waals surface area contributed by atoms with Gasteiger partial charge in [0.1, 0.15) is 0 Å². The van der Waals surface area contributed by atoms with Gasteiger partial charge in [-0.05, 0) is 74.8 Å². The van der Waals surface area contributed by atoms with Crippen LogP contribution in [0.5, 0.6) is 0 Å². The van der Waals surface area contributed by atoms with Crippen LogP contribution >= 0.6 is 0 Å². The third-order valence-electron chi connectivity index (χ3n) is 12.4.